The molecular formula is C21H36N2. The van der Waals surface area contributed by atoms with E-state index in [1.165, 1.54) is 24.8 Å². The molecule has 0 fully saturated rings. The minimum atomic E-state index is 0.589. The van der Waals surface area contributed by atoms with Crippen LogP contribution in [0.15, 0.2) is 47.9 Å². The summed E-state index contributed by atoms with van der Waals surface area (Å²) in [6.07, 6.45) is 18.6. The fraction of sp³-hybridized carbons (Fsp3) is 0.619. The Morgan fingerprint density at radius 1 is 1.43 bits per heavy atom. The minimum absolute atomic E-state index is 0.589. The molecule has 1 aliphatic rings. The highest BCUT2D eigenvalue weighted by molar-refractivity contribution is 5.16. The van der Waals surface area contributed by atoms with Gasteiger partial charge in [0.25, 0.3) is 0 Å². The van der Waals surface area contributed by atoms with Crippen LogP contribution in [0, 0.1) is 11.8 Å². The van der Waals surface area contributed by atoms with Crippen LogP contribution in [0.5, 0.6) is 0 Å². The molecule has 1 rings (SSSR count). The second-order valence-electron chi connectivity index (χ2n) is 7.00. The summed E-state index contributed by atoms with van der Waals surface area (Å²) < 4.78 is 0. The predicted octanol–water partition coefficient (Wildman–Crippen LogP) is 5.27. The maximum absolute atomic E-state index is 3.26. The molecule has 23 heavy (non-hydrogen) atoms. The van der Waals surface area contributed by atoms with Crippen molar-refractivity contribution in [3.8, 4) is 0 Å². The van der Waals surface area contributed by atoms with Crippen molar-refractivity contribution in [3.05, 3.63) is 47.9 Å². The molecule has 0 aromatic rings. The van der Waals surface area contributed by atoms with Gasteiger partial charge in [0.15, 0.2) is 0 Å². The van der Waals surface area contributed by atoms with E-state index < -0.39 is 0 Å². The molecule has 0 spiro atoms. The summed E-state index contributed by atoms with van der Waals surface area (Å²) in [4.78, 5) is 2.39. The van der Waals surface area contributed by atoms with Crippen molar-refractivity contribution in [3.63, 3.8) is 0 Å². The molecule has 0 aromatic carbocycles. The Hall–Kier alpha value is -1.28. The first-order valence-corrected chi connectivity index (χ1v) is 9.16. The van der Waals surface area contributed by atoms with Crippen LogP contribution in [0.2, 0.25) is 0 Å². The average molecular weight is 317 g/mol. The molecule has 1 atom stereocenters. The molecular weight excluding hydrogens is 280 g/mol. The van der Waals surface area contributed by atoms with Crippen molar-refractivity contribution < 1.29 is 0 Å². The highest BCUT2D eigenvalue weighted by atomic mass is 15.1. The fourth-order valence-corrected chi connectivity index (χ4v) is 2.84. The molecule has 130 valence electrons. The van der Waals surface area contributed by atoms with Crippen LogP contribution in [0.4, 0.5) is 0 Å². The van der Waals surface area contributed by atoms with Crippen LogP contribution in [0.25, 0.3) is 0 Å². The van der Waals surface area contributed by atoms with Gasteiger partial charge in [-0.25, -0.2) is 0 Å². The topological polar surface area (TPSA) is 15.3 Å². The van der Waals surface area contributed by atoms with Crippen LogP contribution in [-0.2, 0) is 0 Å². The number of nitrogens with zero attached hydrogens (tertiary/aromatic N) is 1. The normalized spacial score (nSPS) is 19.8. The quantitative estimate of drug-likeness (QED) is 0.460. The smallest absolute Gasteiger partial charge is 0.0250 e. The molecule has 0 aliphatic heterocycles. The van der Waals surface area contributed by atoms with Gasteiger partial charge in [0.05, 0.1) is 0 Å². The second kappa shape index (κ2) is 11.3. The number of hydrogen-bond donors (Lipinski definition) is 1. The van der Waals surface area contributed by atoms with Crippen molar-refractivity contribution in [2.24, 2.45) is 11.8 Å². The van der Waals surface area contributed by atoms with Crippen molar-refractivity contribution >= 4 is 0 Å². The largest absolute Gasteiger partial charge is 0.354 e. The average Bonchev–Trinajstić information content (AvgIpc) is 2.52. The lowest BCUT2D eigenvalue weighted by Gasteiger charge is -2.27. The van der Waals surface area contributed by atoms with E-state index in [1.54, 1.807) is 5.57 Å². The summed E-state index contributed by atoms with van der Waals surface area (Å²) in [5.41, 5.74) is 2.90. The van der Waals surface area contributed by atoms with Gasteiger partial charge in [0.2, 0.25) is 0 Å². The van der Waals surface area contributed by atoms with Crippen LogP contribution in [-0.4, -0.2) is 25.0 Å². The third-order valence-corrected chi connectivity index (χ3v) is 4.13. The molecule has 0 amide bonds. The molecule has 2 nitrogen and oxygen atoms in total. The Balaban J connectivity index is 2.68. The number of allylic oxidation sites excluding steroid dienone is 5. The van der Waals surface area contributed by atoms with Crippen LogP contribution in [0.1, 0.15) is 53.4 Å². The first-order valence-electron chi connectivity index (χ1n) is 9.16. The van der Waals surface area contributed by atoms with E-state index >= 15 is 0 Å². The van der Waals surface area contributed by atoms with E-state index in [-0.39, 0.29) is 0 Å². The van der Waals surface area contributed by atoms with Gasteiger partial charge in [-0.3, -0.25) is 0 Å². The van der Waals surface area contributed by atoms with Crippen LogP contribution < -0.4 is 5.32 Å². The highest BCUT2D eigenvalue weighted by Gasteiger charge is 2.15. The summed E-state index contributed by atoms with van der Waals surface area (Å²) in [6, 6.07) is 0. The third kappa shape index (κ3) is 8.80. The number of nitrogens with one attached hydrogen (secondary N) is 1. The Bertz CT molecular complexity index is 441. The standard InChI is InChI=1S/C21H36N2/c1-6-7-8-19(4)16-23(14-13-18(2)3)17-21-11-9-20(10-12-21)15-22-5/h7-9,13-14,16,18,21-22H,6,10-12,15,17H2,1-5H3/b8-7-,14-13+,19-16+/t21-/m0/s1. The highest BCUT2D eigenvalue weighted by Crippen LogP contribution is 2.24. The SMILES string of the molecule is CC/C=C\C(C)=C\N(/C=C/C(C)C)C[C@H]1CC=C(CNC)CC1. The third-order valence-electron chi connectivity index (χ3n) is 4.13. The Morgan fingerprint density at radius 3 is 2.78 bits per heavy atom. The minimum Gasteiger partial charge on any atom is -0.354 e. The van der Waals surface area contributed by atoms with Crippen molar-refractivity contribution in [2.75, 3.05) is 20.1 Å². The monoisotopic (exact) mass is 316 g/mol. The molecule has 2 heteroatoms. The molecule has 0 saturated heterocycles. The summed E-state index contributed by atoms with van der Waals surface area (Å²) in [5.74, 6) is 1.34. The van der Waals surface area contributed by atoms with Gasteiger partial charge in [-0.2, -0.15) is 0 Å². The zero-order valence-electron chi connectivity index (χ0n) is 15.8. The van der Waals surface area contributed by atoms with Gasteiger partial charge in [0, 0.05) is 19.3 Å². The van der Waals surface area contributed by atoms with E-state index in [2.05, 4.69) is 74.6 Å². The summed E-state index contributed by atoms with van der Waals surface area (Å²) in [6.45, 7) is 11.0. The molecule has 0 saturated carbocycles. The lowest BCUT2D eigenvalue weighted by atomic mass is 9.89. The van der Waals surface area contributed by atoms with Crippen molar-refractivity contribution in [1.82, 2.24) is 10.2 Å². The predicted molar refractivity (Wildman–Crippen MR) is 103 cm³/mol. The molecule has 0 heterocycles. The number of likely N-dealkylation sites (N-methyl/N-ethyl adjacent to an activating group) is 1. The van der Waals surface area contributed by atoms with Gasteiger partial charge >= 0.3 is 0 Å². The van der Waals surface area contributed by atoms with Gasteiger partial charge < -0.3 is 10.2 Å². The van der Waals surface area contributed by atoms with E-state index in [9.17, 15) is 0 Å². The maximum Gasteiger partial charge on any atom is 0.0250 e. The van der Waals surface area contributed by atoms with Crippen molar-refractivity contribution in [1.29, 1.82) is 0 Å². The molecule has 1 N–H and O–H groups in total. The Kier molecular flexibility index (Phi) is 9.70. The van der Waals surface area contributed by atoms with Crippen LogP contribution >= 0.6 is 0 Å². The summed E-state index contributed by atoms with van der Waals surface area (Å²) in [5, 5.41) is 3.26. The first kappa shape index (κ1) is 19.8. The Morgan fingerprint density at radius 2 is 2.22 bits per heavy atom. The lowest BCUT2D eigenvalue weighted by molar-refractivity contribution is 0.352. The maximum atomic E-state index is 3.26. The number of hydrogen-bond acceptors (Lipinski definition) is 2. The van der Waals surface area contributed by atoms with Crippen LogP contribution in [0.3, 0.4) is 0 Å². The van der Waals surface area contributed by atoms with Gasteiger partial charge in [-0.1, -0.05) is 50.6 Å². The molecule has 0 aromatic heterocycles. The van der Waals surface area contributed by atoms with E-state index in [4.69, 9.17) is 0 Å². The molecule has 0 unspecified atom stereocenters. The van der Waals surface area contributed by atoms with Gasteiger partial charge in [0.1, 0.15) is 0 Å². The van der Waals surface area contributed by atoms with Gasteiger partial charge in [-0.05, 0) is 63.3 Å². The molecule has 1 aliphatic carbocycles. The first-order chi connectivity index (χ1) is 11.0. The number of rotatable bonds is 9. The molecule has 0 bridgehead atoms. The van der Waals surface area contributed by atoms with E-state index in [0.29, 0.717) is 5.92 Å². The van der Waals surface area contributed by atoms with Gasteiger partial charge in [-0.15, -0.1) is 0 Å². The zero-order valence-corrected chi connectivity index (χ0v) is 15.8. The fourth-order valence-electron chi connectivity index (χ4n) is 2.84. The molecule has 0 radical (unpaired) electrons. The Labute approximate surface area is 144 Å². The zero-order chi connectivity index (χ0) is 17.1. The summed E-state index contributed by atoms with van der Waals surface area (Å²) >= 11 is 0. The second-order valence-corrected chi connectivity index (χ2v) is 7.00. The van der Waals surface area contributed by atoms with E-state index in [1.807, 2.05) is 7.05 Å². The van der Waals surface area contributed by atoms with Crippen molar-refractivity contribution in [2.45, 2.75) is 53.4 Å². The summed E-state index contributed by atoms with van der Waals surface area (Å²) in [7, 11) is 2.03. The lowest BCUT2D eigenvalue weighted by Crippen LogP contribution is -2.23. The van der Waals surface area contributed by atoms with E-state index in [0.717, 1.165) is 25.4 Å².